The molecule has 0 aliphatic carbocycles. The lowest BCUT2D eigenvalue weighted by Gasteiger charge is -2.08. The van der Waals surface area contributed by atoms with Crippen LogP contribution in [0.15, 0.2) is 65.6 Å². The van der Waals surface area contributed by atoms with Crippen molar-refractivity contribution in [2.75, 3.05) is 6.54 Å². The lowest BCUT2D eigenvalue weighted by molar-refractivity contribution is -0.121. The Hall–Kier alpha value is -3.57. The lowest BCUT2D eigenvalue weighted by Crippen LogP contribution is -2.43. The summed E-state index contributed by atoms with van der Waals surface area (Å²) in [6, 6.07) is 15.6. The van der Waals surface area contributed by atoms with Crippen LogP contribution in [0, 0.1) is 5.82 Å². The number of carbonyl (C=O) groups excluding carboxylic acids is 2. The fourth-order valence-electron chi connectivity index (χ4n) is 2.49. The number of halogens is 1. The number of nitrogens with zero attached hydrogens (tertiary/aromatic N) is 1. The second-order valence-electron chi connectivity index (χ2n) is 6.11. The van der Waals surface area contributed by atoms with Crippen LogP contribution in [0.25, 0.3) is 11.3 Å². The normalized spacial score (nSPS) is 11.1. The second kappa shape index (κ2) is 9.29. The topological polar surface area (TPSA) is 133 Å². The number of rotatable bonds is 7. The van der Waals surface area contributed by atoms with E-state index in [0.29, 0.717) is 5.69 Å². The molecule has 0 saturated carbocycles. The van der Waals surface area contributed by atoms with Gasteiger partial charge in [0, 0.05) is 18.5 Å². The van der Waals surface area contributed by atoms with Gasteiger partial charge in [0.25, 0.3) is 5.91 Å². The summed E-state index contributed by atoms with van der Waals surface area (Å²) in [6.45, 7) is -0.277. The van der Waals surface area contributed by atoms with Crippen molar-refractivity contribution in [3.8, 4) is 11.3 Å². The molecule has 4 N–H and O–H groups in total. The zero-order chi connectivity index (χ0) is 21.6. The van der Waals surface area contributed by atoms with E-state index in [1.807, 2.05) is 30.3 Å². The van der Waals surface area contributed by atoms with Gasteiger partial charge in [0.15, 0.2) is 0 Å². The number of aromatic amines is 1. The fourth-order valence-corrected chi connectivity index (χ4v) is 3.60. The van der Waals surface area contributed by atoms with Crippen molar-refractivity contribution in [2.45, 2.75) is 11.3 Å². The van der Waals surface area contributed by atoms with Gasteiger partial charge in [0.05, 0.1) is 5.69 Å². The molecule has 0 aliphatic rings. The van der Waals surface area contributed by atoms with Crippen molar-refractivity contribution < 1.29 is 22.4 Å². The van der Waals surface area contributed by atoms with Gasteiger partial charge in [-0.2, -0.15) is 5.10 Å². The molecule has 11 heteroatoms. The predicted molar refractivity (Wildman–Crippen MR) is 106 cm³/mol. The van der Waals surface area contributed by atoms with Crippen molar-refractivity contribution >= 4 is 21.8 Å². The summed E-state index contributed by atoms with van der Waals surface area (Å²) in [5.41, 5.74) is 5.89. The van der Waals surface area contributed by atoms with Crippen LogP contribution in [0.1, 0.15) is 16.9 Å². The van der Waals surface area contributed by atoms with Gasteiger partial charge in [0.2, 0.25) is 15.9 Å². The zero-order valence-electron chi connectivity index (χ0n) is 15.6. The van der Waals surface area contributed by atoms with Crippen LogP contribution in [0.3, 0.4) is 0 Å². The summed E-state index contributed by atoms with van der Waals surface area (Å²) < 4.78 is 39.8. The molecule has 0 saturated heterocycles. The second-order valence-corrected chi connectivity index (χ2v) is 7.85. The van der Waals surface area contributed by atoms with Crippen LogP contribution >= 0.6 is 0 Å². The third-order valence-corrected chi connectivity index (χ3v) is 5.47. The average Bonchev–Trinajstić information content (AvgIpc) is 3.23. The number of nitrogens with one attached hydrogen (secondary N) is 4. The highest BCUT2D eigenvalue weighted by molar-refractivity contribution is 7.89. The number of hydrogen-bond acceptors (Lipinski definition) is 5. The van der Waals surface area contributed by atoms with E-state index in [-0.39, 0.29) is 18.7 Å². The van der Waals surface area contributed by atoms with Gasteiger partial charge in [0.1, 0.15) is 16.4 Å². The molecule has 0 spiro atoms. The highest BCUT2D eigenvalue weighted by Crippen LogP contribution is 2.16. The molecule has 0 aliphatic heterocycles. The molecule has 0 atom stereocenters. The minimum absolute atomic E-state index is 0.134. The summed E-state index contributed by atoms with van der Waals surface area (Å²) in [6.07, 6.45) is -0.272. The lowest BCUT2D eigenvalue weighted by atomic mass is 10.1. The number of benzene rings is 2. The number of sulfonamides is 1. The zero-order valence-corrected chi connectivity index (χ0v) is 16.4. The van der Waals surface area contributed by atoms with E-state index >= 15 is 0 Å². The van der Waals surface area contributed by atoms with Gasteiger partial charge in [-0.05, 0) is 18.2 Å². The SMILES string of the molecule is O=C(CCNS(=O)(=O)c1ccccc1F)NNC(=O)c1cc(-c2ccccc2)n[nH]1. The highest BCUT2D eigenvalue weighted by atomic mass is 32.2. The van der Waals surface area contributed by atoms with Crippen molar-refractivity contribution in [3.05, 3.63) is 72.2 Å². The molecule has 0 fully saturated rings. The van der Waals surface area contributed by atoms with Crippen LogP contribution in [-0.4, -0.2) is 37.0 Å². The number of amides is 2. The maximum Gasteiger partial charge on any atom is 0.287 e. The summed E-state index contributed by atoms with van der Waals surface area (Å²) in [7, 11) is -4.09. The molecular weight excluding hydrogens is 413 g/mol. The first kappa shape index (κ1) is 21.1. The van der Waals surface area contributed by atoms with E-state index < -0.39 is 32.6 Å². The molecule has 30 heavy (non-hydrogen) atoms. The van der Waals surface area contributed by atoms with Gasteiger partial charge in [-0.1, -0.05) is 42.5 Å². The predicted octanol–water partition coefficient (Wildman–Crippen LogP) is 1.35. The number of hydrogen-bond donors (Lipinski definition) is 4. The van der Waals surface area contributed by atoms with Crippen LogP contribution in [0.4, 0.5) is 4.39 Å². The van der Waals surface area contributed by atoms with Crippen LogP contribution < -0.4 is 15.6 Å². The Balaban J connectivity index is 1.46. The van der Waals surface area contributed by atoms with Gasteiger partial charge in [-0.25, -0.2) is 17.5 Å². The molecule has 1 aromatic heterocycles. The molecule has 3 aromatic rings. The van der Waals surface area contributed by atoms with E-state index in [9.17, 15) is 22.4 Å². The van der Waals surface area contributed by atoms with E-state index in [1.165, 1.54) is 18.2 Å². The van der Waals surface area contributed by atoms with Crippen LogP contribution in [0.5, 0.6) is 0 Å². The number of aromatic nitrogens is 2. The van der Waals surface area contributed by atoms with Gasteiger partial charge in [-0.15, -0.1) is 0 Å². The first-order valence-electron chi connectivity index (χ1n) is 8.81. The molecule has 3 rings (SSSR count). The maximum absolute atomic E-state index is 13.6. The van der Waals surface area contributed by atoms with Crippen molar-refractivity contribution in [1.82, 2.24) is 25.8 Å². The van der Waals surface area contributed by atoms with E-state index in [4.69, 9.17) is 0 Å². The Kier molecular flexibility index (Phi) is 6.54. The molecule has 0 radical (unpaired) electrons. The first-order chi connectivity index (χ1) is 14.4. The number of carbonyl (C=O) groups is 2. The Morgan fingerprint density at radius 3 is 2.43 bits per heavy atom. The number of H-pyrrole nitrogens is 1. The quantitative estimate of drug-likeness (QED) is 0.419. The van der Waals surface area contributed by atoms with E-state index in [2.05, 4.69) is 25.8 Å². The van der Waals surface area contributed by atoms with Crippen LogP contribution in [-0.2, 0) is 14.8 Å². The van der Waals surface area contributed by atoms with Crippen molar-refractivity contribution in [2.24, 2.45) is 0 Å². The molecule has 2 aromatic carbocycles. The Morgan fingerprint density at radius 2 is 1.70 bits per heavy atom. The highest BCUT2D eigenvalue weighted by Gasteiger charge is 2.18. The summed E-state index contributed by atoms with van der Waals surface area (Å²) in [5, 5.41) is 6.62. The Morgan fingerprint density at radius 1 is 1.00 bits per heavy atom. The third-order valence-electron chi connectivity index (χ3n) is 3.98. The molecule has 0 unspecified atom stereocenters. The van der Waals surface area contributed by atoms with Gasteiger partial charge >= 0.3 is 0 Å². The molecule has 1 heterocycles. The minimum Gasteiger partial charge on any atom is -0.273 e. The van der Waals surface area contributed by atoms with Crippen molar-refractivity contribution in [3.63, 3.8) is 0 Å². The molecular formula is C19H18FN5O4S. The fraction of sp³-hybridized carbons (Fsp3) is 0.105. The minimum atomic E-state index is -4.09. The van der Waals surface area contributed by atoms with Crippen LogP contribution in [0.2, 0.25) is 0 Å². The number of hydrazine groups is 1. The van der Waals surface area contributed by atoms with Gasteiger partial charge in [-0.3, -0.25) is 25.5 Å². The summed E-state index contributed by atoms with van der Waals surface area (Å²) in [5.74, 6) is -2.15. The molecule has 2 amide bonds. The Labute approximate surface area is 171 Å². The third kappa shape index (κ3) is 5.27. The standard InChI is InChI=1S/C19H18FN5O4S/c20-14-8-4-5-9-17(14)30(28,29)21-11-10-18(26)24-25-19(27)16-12-15(22-23-16)13-6-2-1-3-7-13/h1-9,12,21H,10-11H2,(H,22,23)(H,24,26)(H,25,27). The smallest absolute Gasteiger partial charge is 0.273 e. The van der Waals surface area contributed by atoms with E-state index in [1.54, 1.807) is 0 Å². The van der Waals surface area contributed by atoms with Gasteiger partial charge < -0.3 is 0 Å². The molecule has 156 valence electrons. The molecule has 9 nitrogen and oxygen atoms in total. The first-order valence-corrected chi connectivity index (χ1v) is 10.3. The Bertz CT molecular complexity index is 1150. The average molecular weight is 431 g/mol. The van der Waals surface area contributed by atoms with Crippen molar-refractivity contribution in [1.29, 1.82) is 0 Å². The maximum atomic E-state index is 13.6. The largest absolute Gasteiger partial charge is 0.287 e. The monoisotopic (exact) mass is 431 g/mol. The van der Waals surface area contributed by atoms with E-state index in [0.717, 1.165) is 17.7 Å². The summed E-state index contributed by atoms with van der Waals surface area (Å²) >= 11 is 0. The summed E-state index contributed by atoms with van der Waals surface area (Å²) in [4.78, 5) is 23.4. The molecule has 0 bridgehead atoms.